The number of benzene rings is 2. The van der Waals surface area contributed by atoms with Crippen molar-refractivity contribution in [3.05, 3.63) is 65.7 Å². The highest BCUT2D eigenvalue weighted by Crippen LogP contribution is 2.43. The number of nitrogens with one attached hydrogen (secondary N) is 1. The topological polar surface area (TPSA) is 38.0 Å². The summed E-state index contributed by atoms with van der Waals surface area (Å²) in [5.41, 5.74) is 10.4. The first-order chi connectivity index (χ1) is 10.8. The minimum absolute atomic E-state index is 0.255. The summed E-state index contributed by atoms with van der Waals surface area (Å²) in [6.07, 6.45) is 5.87. The maximum atomic E-state index is 5.96. The molecule has 0 aromatic heterocycles. The highest BCUT2D eigenvalue weighted by molar-refractivity contribution is 5.57. The molecule has 0 spiro atoms. The van der Waals surface area contributed by atoms with Gasteiger partial charge in [-0.1, -0.05) is 48.5 Å². The molecule has 1 unspecified atom stereocenters. The maximum absolute atomic E-state index is 5.96. The fourth-order valence-corrected chi connectivity index (χ4v) is 3.87. The number of nitrogens with two attached hydrogens (primary N) is 1. The fourth-order valence-electron chi connectivity index (χ4n) is 3.87. The van der Waals surface area contributed by atoms with Crippen LogP contribution < -0.4 is 11.1 Å². The van der Waals surface area contributed by atoms with E-state index in [0.717, 1.165) is 25.9 Å². The summed E-state index contributed by atoms with van der Waals surface area (Å²) in [4.78, 5) is 0. The van der Waals surface area contributed by atoms with Crippen LogP contribution in [0.4, 0.5) is 5.69 Å². The lowest BCUT2D eigenvalue weighted by atomic mass is 9.69. The summed E-state index contributed by atoms with van der Waals surface area (Å²) >= 11 is 0. The predicted octanol–water partition coefficient (Wildman–Crippen LogP) is 4.11. The molecule has 0 radical (unpaired) electrons. The molecule has 2 nitrogen and oxygen atoms in total. The van der Waals surface area contributed by atoms with Crippen molar-refractivity contribution in [2.75, 3.05) is 18.4 Å². The number of fused-ring (bicyclic) bond motifs is 1. The molecular weight excluding hydrogens is 268 g/mol. The van der Waals surface area contributed by atoms with Gasteiger partial charge in [-0.3, -0.25) is 0 Å². The number of aryl methyl sites for hydroxylation is 1. The Kier molecular flexibility index (Phi) is 4.79. The number of anilines is 1. The highest BCUT2D eigenvalue weighted by atomic mass is 14.9. The van der Waals surface area contributed by atoms with E-state index in [2.05, 4.69) is 59.9 Å². The Balaban J connectivity index is 1.75. The lowest BCUT2D eigenvalue weighted by molar-refractivity contribution is 0.334. The molecule has 0 amide bonds. The smallest absolute Gasteiger partial charge is 0.0378 e. The van der Waals surface area contributed by atoms with Crippen LogP contribution in [0.25, 0.3) is 0 Å². The van der Waals surface area contributed by atoms with E-state index in [1.54, 1.807) is 0 Å². The molecular formula is C20H26N2. The van der Waals surface area contributed by atoms with Gasteiger partial charge in [0.1, 0.15) is 0 Å². The van der Waals surface area contributed by atoms with Crippen molar-refractivity contribution in [2.45, 2.75) is 37.5 Å². The minimum atomic E-state index is 0.255. The molecule has 1 aliphatic rings. The maximum Gasteiger partial charge on any atom is 0.0378 e. The van der Waals surface area contributed by atoms with E-state index in [1.807, 2.05) is 0 Å². The molecule has 2 heteroatoms. The number of hydrogen-bond donors (Lipinski definition) is 2. The zero-order chi connectivity index (χ0) is 15.3. The van der Waals surface area contributed by atoms with Crippen LogP contribution in [0.2, 0.25) is 0 Å². The summed E-state index contributed by atoms with van der Waals surface area (Å²) in [6, 6.07) is 19.6. The predicted molar refractivity (Wildman–Crippen MR) is 94.3 cm³/mol. The van der Waals surface area contributed by atoms with Crippen molar-refractivity contribution in [3.8, 4) is 0 Å². The van der Waals surface area contributed by atoms with Crippen molar-refractivity contribution in [3.63, 3.8) is 0 Å². The van der Waals surface area contributed by atoms with Crippen LogP contribution in [-0.4, -0.2) is 13.1 Å². The van der Waals surface area contributed by atoms with Gasteiger partial charge in [-0.15, -0.1) is 0 Å². The van der Waals surface area contributed by atoms with Gasteiger partial charge in [-0.25, -0.2) is 0 Å². The molecule has 1 heterocycles. The van der Waals surface area contributed by atoms with Crippen LogP contribution in [0.15, 0.2) is 54.6 Å². The van der Waals surface area contributed by atoms with Gasteiger partial charge in [0.2, 0.25) is 0 Å². The Morgan fingerprint density at radius 3 is 2.55 bits per heavy atom. The number of rotatable bonds is 6. The summed E-state index contributed by atoms with van der Waals surface area (Å²) in [6.45, 7) is 1.82. The van der Waals surface area contributed by atoms with Gasteiger partial charge in [0.15, 0.2) is 0 Å². The molecule has 0 fully saturated rings. The van der Waals surface area contributed by atoms with Crippen LogP contribution in [0.3, 0.4) is 0 Å². The largest absolute Gasteiger partial charge is 0.385 e. The van der Waals surface area contributed by atoms with E-state index in [4.69, 9.17) is 5.73 Å². The zero-order valence-electron chi connectivity index (χ0n) is 13.2. The Hall–Kier alpha value is -1.80. The number of para-hydroxylation sites is 1. The summed E-state index contributed by atoms with van der Waals surface area (Å²) in [5.74, 6) is 0. The third-order valence-corrected chi connectivity index (χ3v) is 5.00. The SMILES string of the molecule is NCCC1(CCCc2ccccc2)CCNc2ccccc21. The molecule has 0 bridgehead atoms. The first-order valence-electron chi connectivity index (χ1n) is 8.41. The summed E-state index contributed by atoms with van der Waals surface area (Å²) in [7, 11) is 0. The van der Waals surface area contributed by atoms with E-state index >= 15 is 0 Å². The van der Waals surface area contributed by atoms with Gasteiger partial charge >= 0.3 is 0 Å². The molecule has 3 N–H and O–H groups in total. The van der Waals surface area contributed by atoms with Gasteiger partial charge in [0, 0.05) is 17.6 Å². The second kappa shape index (κ2) is 6.97. The summed E-state index contributed by atoms with van der Waals surface area (Å²) in [5, 5.41) is 3.54. The van der Waals surface area contributed by atoms with E-state index in [0.29, 0.717) is 0 Å². The van der Waals surface area contributed by atoms with Crippen LogP contribution >= 0.6 is 0 Å². The quantitative estimate of drug-likeness (QED) is 0.841. The van der Waals surface area contributed by atoms with Gasteiger partial charge in [-0.2, -0.15) is 0 Å². The van der Waals surface area contributed by atoms with Gasteiger partial charge < -0.3 is 11.1 Å². The van der Waals surface area contributed by atoms with E-state index in [9.17, 15) is 0 Å². The van der Waals surface area contributed by atoms with Gasteiger partial charge in [0.05, 0.1) is 0 Å². The van der Waals surface area contributed by atoms with Crippen molar-refractivity contribution >= 4 is 5.69 Å². The molecule has 0 saturated carbocycles. The Morgan fingerprint density at radius 2 is 1.73 bits per heavy atom. The lowest BCUT2D eigenvalue weighted by Gasteiger charge is -2.40. The molecule has 0 saturated heterocycles. The van der Waals surface area contributed by atoms with E-state index in [1.165, 1.54) is 36.1 Å². The van der Waals surface area contributed by atoms with E-state index < -0.39 is 0 Å². The zero-order valence-corrected chi connectivity index (χ0v) is 13.2. The second-order valence-corrected chi connectivity index (χ2v) is 6.38. The standard InChI is InChI=1S/C20H26N2/c21-15-13-20(12-6-9-17-7-2-1-3-8-17)14-16-22-19-11-5-4-10-18(19)20/h1-5,7-8,10-11,22H,6,9,12-16,21H2. The molecule has 0 aliphatic carbocycles. The Labute approximate surface area is 133 Å². The molecule has 3 rings (SSSR count). The number of hydrogen-bond acceptors (Lipinski definition) is 2. The minimum Gasteiger partial charge on any atom is -0.385 e. The average molecular weight is 294 g/mol. The Bertz CT molecular complexity index is 594. The summed E-state index contributed by atoms with van der Waals surface area (Å²) < 4.78 is 0. The Morgan fingerprint density at radius 1 is 0.955 bits per heavy atom. The van der Waals surface area contributed by atoms with Crippen molar-refractivity contribution in [1.29, 1.82) is 0 Å². The highest BCUT2D eigenvalue weighted by Gasteiger charge is 2.35. The molecule has 2 aromatic carbocycles. The van der Waals surface area contributed by atoms with Crippen LogP contribution in [0, 0.1) is 0 Å². The molecule has 2 aromatic rings. The average Bonchev–Trinajstić information content (AvgIpc) is 2.57. The normalized spacial score (nSPS) is 20.2. The monoisotopic (exact) mass is 294 g/mol. The van der Waals surface area contributed by atoms with Crippen LogP contribution in [0.1, 0.15) is 36.8 Å². The molecule has 1 atom stereocenters. The van der Waals surface area contributed by atoms with Crippen molar-refractivity contribution in [2.24, 2.45) is 5.73 Å². The van der Waals surface area contributed by atoms with Crippen molar-refractivity contribution in [1.82, 2.24) is 0 Å². The first kappa shape index (κ1) is 15.1. The van der Waals surface area contributed by atoms with Crippen LogP contribution in [-0.2, 0) is 11.8 Å². The van der Waals surface area contributed by atoms with Crippen LogP contribution in [0.5, 0.6) is 0 Å². The van der Waals surface area contributed by atoms with Gasteiger partial charge in [-0.05, 0) is 55.8 Å². The van der Waals surface area contributed by atoms with Gasteiger partial charge in [0.25, 0.3) is 0 Å². The lowest BCUT2D eigenvalue weighted by Crippen LogP contribution is -2.36. The molecule has 1 aliphatic heterocycles. The molecule has 116 valence electrons. The third kappa shape index (κ3) is 3.17. The first-order valence-corrected chi connectivity index (χ1v) is 8.41. The molecule has 22 heavy (non-hydrogen) atoms. The second-order valence-electron chi connectivity index (χ2n) is 6.38. The van der Waals surface area contributed by atoms with E-state index in [-0.39, 0.29) is 5.41 Å². The fraction of sp³-hybridized carbons (Fsp3) is 0.400. The van der Waals surface area contributed by atoms with Crippen molar-refractivity contribution < 1.29 is 0 Å². The third-order valence-electron chi connectivity index (χ3n) is 5.00.